The fraction of sp³-hybridized carbons (Fsp3) is 0.462. The van der Waals surface area contributed by atoms with Crippen LogP contribution in [0.15, 0.2) is 24.3 Å². The average Bonchev–Trinajstić information content (AvgIpc) is 2.37. The van der Waals surface area contributed by atoms with Gasteiger partial charge in [0.25, 0.3) is 0 Å². The summed E-state index contributed by atoms with van der Waals surface area (Å²) < 4.78 is 5.05. The van der Waals surface area contributed by atoms with Crippen molar-refractivity contribution in [2.45, 2.75) is 32.3 Å². The van der Waals surface area contributed by atoms with E-state index >= 15 is 0 Å². The third-order valence-electron chi connectivity index (χ3n) is 2.92. The number of benzene rings is 1. The number of carbonyl (C=O) groups excluding carboxylic acids is 1. The van der Waals surface area contributed by atoms with Crippen LogP contribution in [0.4, 0.5) is 0 Å². The first kappa shape index (κ1) is 12.7. The van der Waals surface area contributed by atoms with Crippen molar-refractivity contribution in [1.82, 2.24) is 0 Å². The van der Waals surface area contributed by atoms with E-state index in [1.807, 2.05) is 13.8 Å². The van der Waals surface area contributed by atoms with E-state index in [1.165, 1.54) is 0 Å². The van der Waals surface area contributed by atoms with Gasteiger partial charge in [-0.3, -0.25) is 4.79 Å². The molecule has 0 fully saturated rings. The summed E-state index contributed by atoms with van der Waals surface area (Å²) in [5.74, 6) is 0.386. The Hall–Kier alpha value is -1.35. The molecule has 0 bridgehead atoms. The van der Waals surface area contributed by atoms with Crippen molar-refractivity contribution in [3.8, 4) is 5.75 Å². The maximum atomic E-state index is 12.1. The molecule has 0 heterocycles. The van der Waals surface area contributed by atoms with Gasteiger partial charge in [-0.25, -0.2) is 0 Å². The number of hydrogen-bond donors (Lipinski definition) is 1. The van der Waals surface area contributed by atoms with Gasteiger partial charge in [-0.2, -0.15) is 0 Å². The summed E-state index contributed by atoms with van der Waals surface area (Å²) in [6.45, 7) is 3.61. The lowest BCUT2D eigenvalue weighted by atomic mass is 9.88. The zero-order valence-corrected chi connectivity index (χ0v) is 9.99. The molecule has 0 aliphatic rings. The van der Waals surface area contributed by atoms with E-state index in [9.17, 15) is 9.90 Å². The SMILES string of the molecule is CCC(O)(CC)C(=O)c1cccc(OC)c1. The Morgan fingerprint density at radius 2 is 2.00 bits per heavy atom. The van der Waals surface area contributed by atoms with E-state index in [0.717, 1.165) is 0 Å². The van der Waals surface area contributed by atoms with Crippen LogP contribution in [-0.4, -0.2) is 23.6 Å². The standard InChI is InChI=1S/C13H18O3/c1-4-13(15,5-2)12(14)10-7-6-8-11(9-10)16-3/h6-9,15H,4-5H2,1-3H3. The maximum Gasteiger partial charge on any atom is 0.194 e. The first-order valence-electron chi connectivity index (χ1n) is 5.48. The second-order valence-corrected chi connectivity index (χ2v) is 3.80. The van der Waals surface area contributed by atoms with Crippen molar-refractivity contribution in [2.75, 3.05) is 7.11 Å². The second-order valence-electron chi connectivity index (χ2n) is 3.80. The fourth-order valence-corrected chi connectivity index (χ4v) is 1.60. The zero-order chi connectivity index (χ0) is 12.2. The molecule has 1 aromatic rings. The lowest BCUT2D eigenvalue weighted by Crippen LogP contribution is -2.37. The predicted molar refractivity (Wildman–Crippen MR) is 62.9 cm³/mol. The van der Waals surface area contributed by atoms with E-state index in [0.29, 0.717) is 24.2 Å². The molecule has 88 valence electrons. The number of aliphatic hydroxyl groups is 1. The van der Waals surface area contributed by atoms with Gasteiger partial charge in [0.1, 0.15) is 11.4 Å². The molecular formula is C13H18O3. The lowest BCUT2D eigenvalue weighted by molar-refractivity contribution is 0.0277. The number of ketones is 1. The molecule has 0 aliphatic heterocycles. The summed E-state index contributed by atoms with van der Waals surface area (Å²) >= 11 is 0. The number of carbonyl (C=O) groups is 1. The van der Waals surface area contributed by atoms with Gasteiger partial charge < -0.3 is 9.84 Å². The molecule has 0 aliphatic carbocycles. The molecule has 3 heteroatoms. The Balaban J connectivity index is 3.04. The molecule has 3 nitrogen and oxygen atoms in total. The quantitative estimate of drug-likeness (QED) is 0.778. The van der Waals surface area contributed by atoms with Crippen molar-refractivity contribution in [1.29, 1.82) is 0 Å². The van der Waals surface area contributed by atoms with Crippen LogP contribution in [0.25, 0.3) is 0 Å². The van der Waals surface area contributed by atoms with Crippen molar-refractivity contribution >= 4 is 5.78 Å². The van der Waals surface area contributed by atoms with Gasteiger partial charge in [-0.15, -0.1) is 0 Å². The van der Waals surface area contributed by atoms with Crippen LogP contribution in [0.3, 0.4) is 0 Å². The van der Waals surface area contributed by atoms with Gasteiger partial charge in [0.15, 0.2) is 5.78 Å². The topological polar surface area (TPSA) is 46.5 Å². The number of ether oxygens (including phenoxy) is 1. The number of rotatable bonds is 5. The second kappa shape index (κ2) is 5.12. The fourth-order valence-electron chi connectivity index (χ4n) is 1.60. The summed E-state index contributed by atoms with van der Waals surface area (Å²) in [6, 6.07) is 6.87. The van der Waals surface area contributed by atoms with Crippen LogP contribution in [0.5, 0.6) is 5.75 Å². The number of Topliss-reactive ketones (excluding diaryl/α,β-unsaturated/α-hetero) is 1. The van der Waals surface area contributed by atoms with Gasteiger partial charge in [-0.1, -0.05) is 26.0 Å². The van der Waals surface area contributed by atoms with Crippen LogP contribution < -0.4 is 4.74 Å². The van der Waals surface area contributed by atoms with E-state index in [1.54, 1.807) is 31.4 Å². The molecule has 16 heavy (non-hydrogen) atoms. The zero-order valence-electron chi connectivity index (χ0n) is 9.99. The first-order chi connectivity index (χ1) is 7.57. The van der Waals surface area contributed by atoms with E-state index in [4.69, 9.17) is 4.74 Å². The summed E-state index contributed by atoms with van der Waals surface area (Å²) in [5, 5.41) is 10.1. The Morgan fingerprint density at radius 3 is 2.50 bits per heavy atom. The highest BCUT2D eigenvalue weighted by Crippen LogP contribution is 2.23. The molecular weight excluding hydrogens is 204 g/mol. The molecule has 0 spiro atoms. The van der Waals surface area contributed by atoms with Crippen LogP contribution in [-0.2, 0) is 0 Å². The van der Waals surface area contributed by atoms with Crippen molar-refractivity contribution in [3.63, 3.8) is 0 Å². The molecule has 0 saturated heterocycles. The summed E-state index contributed by atoms with van der Waals surface area (Å²) in [4.78, 5) is 12.1. The van der Waals surface area contributed by atoms with Crippen LogP contribution >= 0.6 is 0 Å². The van der Waals surface area contributed by atoms with E-state index in [2.05, 4.69) is 0 Å². The third kappa shape index (κ3) is 2.42. The number of methoxy groups -OCH3 is 1. The molecule has 0 amide bonds. The van der Waals surface area contributed by atoms with Gasteiger partial charge in [0.2, 0.25) is 0 Å². The molecule has 0 saturated carbocycles. The molecule has 0 radical (unpaired) electrons. The highest BCUT2D eigenvalue weighted by molar-refractivity contribution is 6.02. The van der Waals surface area contributed by atoms with E-state index in [-0.39, 0.29) is 5.78 Å². The highest BCUT2D eigenvalue weighted by Gasteiger charge is 2.32. The van der Waals surface area contributed by atoms with Gasteiger partial charge in [-0.05, 0) is 25.0 Å². The highest BCUT2D eigenvalue weighted by atomic mass is 16.5. The van der Waals surface area contributed by atoms with Crippen molar-refractivity contribution < 1.29 is 14.6 Å². The number of hydrogen-bond acceptors (Lipinski definition) is 3. The molecule has 0 aromatic heterocycles. The predicted octanol–water partition coefficient (Wildman–Crippen LogP) is 2.43. The lowest BCUT2D eigenvalue weighted by Gasteiger charge is -2.23. The summed E-state index contributed by atoms with van der Waals surface area (Å²) in [5.41, 5.74) is -0.766. The Labute approximate surface area is 96.1 Å². The largest absolute Gasteiger partial charge is 0.497 e. The molecule has 1 rings (SSSR count). The Bertz CT molecular complexity index is 367. The van der Waals surface area contributed by atoms with Crippen molar-refractivity contribution in [3.05, 3.63) is 29.8 Å². The maximum absolute atomic E-state index is 12.1. The molecule has 1 aromatic carbocycles. The van der Waals surface area contributed by atoms with Crippen molar-refractivity contribution in [2.24, 2.45) is 0 Å². The minimum Gasteiger partial charge on any atom is -0.497 e. The van der Waals surface area contributed by atoms with Gasteiger partial charge >= 0.3 is 0 Å². The Kier molecular flexibility index (Phi) is 4.07. The monoisotopic (exact) mass is 222 g/mol. The normalized spacial score (nSPS) is 11.2. The minimum absolute atomic E-state index is 0.239. The average molecular weight is 222 g/mol. The van der Waals surface area contributed by atoms with Crippen LogP contribution in [0, 0.1) is 0 Å². The molecule has 1 N–H and O–H groups in total. The minimum atomic E-state index is -1.26. The Morgan fingerprint density at radius 1 is 1.38 bits per heavy atom. The van der Waals surface area contributed by atoms with Gasteiger partial charge in [0, 0.05) is 5.56 Å². The van der Waals surface area contributed by atoms with Crippen LogP contribution in [0.2, 0.25) is 0 Å². The summed E-state index contributed by atoms with van der Waals surface area (Å²) in [7, 11) is 1.55. The molecule has 0 atom stereocenters. The van der Waals surface area contributed by atoms with Gasteiger partial charge in [0.05, 0.1) is 7.11 Å². The van der Waals surface area contributed by atoms with E-state index < -0.39 is 5.60 Å². The first-order valence-corrected chi connectivity index (χ1v) is 5.48. The van der Waals surface area contributed by atoms with Crippen LogP contribution in [0.1, 0.15) is 37.0 Å². The molecule has 0 unspecified atom stereocenters. The third-order valence-corrected chi connectivity index (χ3v) is 2.92. The summed E-state index contributed by atoms with van der Waals surface area (Å²) in [6.07, 6.45) is 0.832. The smallest absolute Gasteiger partial charge is 0.194 e.